The van der Waals surface area contributed by atoms with E-state index in [9.17, 15) is 4.79 Å². The zero-order valence-electron chi connectivity index (χ0n) is 4.53. The van der Waals surface area contributed by atoms with Crippen LogP contribution in [0.25, 0.3) is 0 Å². The highest BCUT2D eigenvalue weighted by atomic mass is 16.1. The molecule has 1 aromatic heterocycles. The molecule has 7 heavy (non-hydrogen) atoms. The Morgan fingerprint density at radius 1 is 1.86 bits per heavy atom. The van der Waals surface area contributed by atoms with Crippen LogP contribution in [0.4, 0.5) is 0 Å². The van der Waals surface area contributed by atoms with Crippen LogP contribution in [0.3, 0.4) is 0 Å². The van der Waals surface area contributed by atoms with Crippen molar-refractivity contribution in [3.8, 4) is 0 Å². The second-order valence-corrected chi connectivity index (χ2v) is 1.04. The van der Waals surface area contributed by atoms with Gasteiger partial charge in [0.1, 0.15) is 0 Å². The third-order valence-electron chi connectivity index (χ3n) is 0.598. The van der Waals surface area contributed by atoms with E-state index >= 15 is 0 Å². The normalized spacial score (nSPS) is 8.57. The number of carbonyl (C=O) groups excluding carboxylic acids is 1. The van der Waals surface area contributed by atoms with Gasteiger partial charge in [-0.05, 0) is 6.07 Å². The first-order valence-electron chi connectivity index (χ1n) is 1.81. The van der Waals surface area contributed by atoms with Crippen molar-refractivity contribution in [3.05, 3.63) is 18.5 Å². The Kier molecular flexibility index (Phi) is 0.898. The zero-order valence-corrected chi connectivity index (χ0v) is 3.53. The number of hydrogen-bond donors (Lipinski definition) is 0. The smallest absolute Gasteiger partial charge is 0.261 e. The summed E-state index contributed by atoms with van der Waals surface area (Å²) in [6.45, 7) is 0. The maximum atomic E-state index is 9.64. The van der Waals surface area contributed by atoms with Gasteiger partial charge in [0.2, 0.25) is 0 Å². The van der Waals surface area contributed by atoms with Crippen LogP contribution in [0.5, 0.6) is 0 Å². The van der Waals surface area contributed by atoms with Crippen LogP contribution in [-0.4, -0.2) is 16.2 Å². The fourth-order valence-electron chi connectivity index (χ4n) is 0.323. The summed E-state index contributed by atoms with van der Waals surface area (Å²) in [4.78, 5) is 9.64. The monoisotopic (exact) mass is 96.0 g/mol. The molecule has 1 rings (SSSR count). The second-order valence-electron chi connectivity index (χ2n) is 1.04. The van der Waals surface area contributed by atoms with Crippen LogP contribution in [0.2, 0.25) is 0 Å². The molecule has 0 aliphatic heterocycles. The van der Waals surface area contributed by atoms with E-state index in [0.29, 0.717) is 0 Å². The van der Waals surface area contributed by atoms with E-state index in [-0.39, 0.29) is 1.43 Å². The minimum atomic E-state index is 0. The summed E-state index contributed by atoms with van der Waals surface area (Å²) in [5, 5.41) is 3.53. The van der Waals surface area contributed by atoms with Gasteiger partial charge in [0, 0.05) is 12.4 Å². The predicted molar refractivity (Wildman–Crippen MR) is 24.4 cm³/mol. The summed E-state index contributed by atoms with van der Waals surface area (Å²) in [5.41, 5.74) is 0. The van der Waals surface area contributed by atoms with Crippen LogP contribution < -0.4 is 0 Å². The minimum Gasteiger partial charge on any atom is -0.261 e. The van der Waals surface area contributed by atoms with Crippen molar-refractivity contribution in [1.29, 1.82) is 0 Å². The van der Waals surface area contributed by atoms with Gasteiger partial charge < -0.3 is 0 Å². The molecule has 1 heterocycles. The quantitative estimate of drug-likeness (QED) is 0.489. The zero-order chi connectivity index (χ0) is 5.11. The highest BCUT2D eigenvalue weighted by Crippen LogP contribution is 1.74. The second kappa shape index (κ2) is 1.55. The summed E-state index contributed by atoms with van der Waals surface area (Å²) < 4.78 is 1.07. The molecule has 1 radical (unpaired) electrons. The SMILES string of the molecule is O=[C]n1cccn1.[H+]. The molecule has 0 unspecified atom stereocenters. The van der Waals surface area contributed by atoms with Crippen molar-refractivity contribution in [2.75, 3.05) is 0 Å². The molecule has 3 heteroatoms. The van der Waals surface area contributed by atoms with Crippen LogP contribution in [0, 0.1) is 0 Å². The average Bonchev–Trinajstić information content (AvgIpc) is 2.14. The van der Waals surface area contributed by atoms with E-state index in [1.807, 2.05) is 0 Å². The van der Waals surface area contributed by atoms with Crippen molar-refractivity contribution in [3.63, 3.8) is 0 Å². The van der Waals surface area contributed by atoms with E-state index in [2.05, 4.69) is 5.10 Å². The van der Waals surface area contributed by atoms with Crippen LogP contribution >= 0.6 is 0 Å². The standard InChI is InChI=1S/C4H3N2O/c7-4-6-3-1-2-5-6/h1-3H/p+1. The summed E-state index contributed by atoms with van der Waals surface area (Å²) in [6, 6.07) is 1.66. The maximum absolute atomic E-state index is 9.64. The Morgan fingerprint density at radius 3 is 3.00 bits per heavy atom. The Labute approximate surface area is 42.0 Å². The molecular formula is C4H4N2O+. The van der Waals surface area contributed by atoms with Gasteiger partial charge in [-0.1, -0.05) is 0 Å². The first kappa shape index (κ1) is 4.05. The number of aromatic nitrogens is 2. The number of hydrogen-bond acceptors (Lipinski definition) is 2. The largest absolute Gasteiger partial charge is 1.00 e. The Morgan fingerprint density at radius 2 is 2.71 bits per heavy atom. The molecule has 0 aliphatic carbocycles. The van der Waals surface area contributed by atoms with E-state index in [1.165, 1.54) is 12.4 Å². The molecule has 0 saturated carbocycles. The van der Waals surface area contributed by atoms with Gasteiger partial charge in [0.05, 0.1) is 0 Å². The van der Waals surface area contributed by atoms with Crippen molar-refractivity contribution < 1.29 is 6.22 Å². The molecule has 0 atom stereocenters. The summed E-state index contributed by atoms with van der Waals surface area (Å²) in [7, 11) is 0. The molecule has 0 N–H and O–H groups in total. The highest BCUT2D eigenvalue weighted by Gasteiger charge is 1.79. The molecule has 0 aromatic carbocycles. The minimum absolute atomic E-state index is 0. The Hall–Kier alpha value is -1.12. The topological polar surface area (TPSA) is 34.9 Å². The lowest BCUT2D eigenvalue weighted by Crippen LogP contribution is -1.91. The fraction of sp³-hybridized carbons (Fsp3) is 0. The Bertz CT molecular complexity index is 149. The number of nitrogens with zero attached hydrogens (tertiary/aromatic N) is 2. The molecule has 0 aliphatic rings. The molecule has 3 nitrogen and oxygen atoms in total. The third kappa shape index (κ3) is 0.652. The lowest BCUT2D eigenvalue weighted by molar-refractivity contribution is 0.540. The first-order chi connectivity index (χ1) is 3.43. The maximum Gasteiger partial charge on any atom is 1.00 e. The molecule has 0 fully saturated rings. The average molecular weight is 96.1 g/mol. The van der Waals surface area contributed by atoms with Gasteiger partial charge in [0.15, 0.2) is 0 Å². The first-order valence-corrected chi connectivity index (χ1v) is 1.81. The van der Waals surface area contributed by atoms with E-state index in [0.717, 1.165) is 4.68 Å². The molecule has 35 valence electrons. The van der Waals surface area contributed by atoms with Crippen LogP contribution in [0.1, 0.15) is 1.43 Å². The summed E-state index contributed by atoms with van der Waals surface area (Å²) in [5.74, 6) is 0. The number of rotatable bonds is 1. The van der Waals surface area contributed by atoms with Crippen LogP contribution in [0.15, 0.2) is 18.5 Å². The molecule has 0 spiro atoms. The summed E-state index contributed by atoms with van der Waals surface area (Å²) in [6.07, 6.45) is 4.60. The lowest BCUT2D eigenvalue weighted by atomic mass is 10.8. The van der Waals surface area contributed by atoms with Gasteiger partial charge in [-0.3, -0.25) is 4.79 Å². The molecule has 0 amide bonds. The van der Waals surface area contributed by atoms with Gasteiger partial charge >= 0.3 is 7.84 Å². The van der Waals surface area contributed by atoms with Crippen LogP contribution in [-0.2, 0) is 4.79 Å². The van der Waals surface area contributed by atoms with Gasteiger partial charge in [-0.2, -0.15) is 9.78 Å². The van der Waals surface area contributed by atoms with Gasteiger partial charge in [0.25, 0.3) is 0 Å². The Balaban J connectivity index is 0.000000490. The predicted octanol–water partition coefficient (Wildman–Crippen LogP) is -0.0891. The third-order valence-corrected chi connectivity index (χ3v) is 0.598. The molecule has 0 bridgehead atoms. The highest BCUT2D eigenvalue weighted by molar-refractivity contribution is 5.49. The van der Waals surface area contributed by atoms with E-state index in [4.69, 9.17) is 0 Å². The van der Waals surface area contributed by atoms with Crippen molar-refractivity contribution in [2.24, 2.45) is 0 Å². The van der Waals surface area contributed by atoms with Crippen molar-refractivity contribution in [2.45, 2.75) is 0 Å². The summed E-state index contributed by atoms with van der Waals surface area (Å²) >= 11 is 0. The van der Waals surface area contributed by atoms with Crippen molar-refractivity contribution >= 4 is 6.41 Å². The van der Waals surface area contributed by atoms with E-state index in [1.54, 1.807) is 12.5 Å². The lowest BCUT2D eigenvalue weighted by Gasteiger charge is -1.73. The van der Waals surface area contributed by atoms with Gasteiger partial charge in [-0.15, -0.1) is 0 Å². The molecule has 1 aromatic rings. The molecular weight excluding hydrogens is 92.1 g/mol. The van der Waals surface area contributed by atoms with E-state index < -0.39 is 0 Å². The molecule has 0 saturated heterocycles. The van der Waals surface area contributed by atoms with Crippen molar-refractivity contribution in [1.82, 2.24) is 9.78 Å². The van der Waals surface area contributed by atoms with Gasteiger partial charge in [-0.25, -0.2) is 0 Å². The fourth-order valence-corrected chi connectivity index (χ4v) is 0.323.